The molecule has 0 saturated carbocycles. The lowest BCUT2D eigenvalue weighted by molar-refractivity contribution is -0.111. The average molecular weight is 105 g/mol. The van der Waals surface area contributed by atoms with Gasteiger partial charge in [-0.25, -0.2) is 0 Å². The lowest BCUT2D eigenvalue weighted by Gasteiger charge is -2.06. The molecule has 0 aliphatic carbocycles. The van der Waals surface area contributed by atoms with E-state index in [0.29, 0.717) is 6.61 Å². The fraction of sp³-hybridized carbons (Fsp3) is 1.00. The number of nitrogens with one attached hydrogen (secondary N) is 1. The minimum Gasteiger partial charge on any atom is -0.356 e. The van der Waals surface area contributed by atoms with E-state index in [1.807, 2.05) is 6.92 Å². The number of hydrogen-bond donors (Lipinski definition) is 2. The Morgan fingerprint density at radius 3 is 2.57 bits per heavy atom. The van der Waals surface area contributed by atoms with E-state index in [1.165, 1.54) is 0 Å². The number of hydrogen-bond acceptors (Lipinski definition) is 3. The third kappa shape index (κ3) is 3.72. The maximum Gasteiger partial charge on any atom is 0.213 e. The fourth-order valence-electron chi connectivity index (χ4n) is 0.241. The number of aliphatic hydroxyl groups excluding tert-OH is 1. The third-order valence-electron chi connectivity index (χ3n) is 0.571. The van der Waals surface area contributed by atoms with E-state index in [-0.39, 0.29) is 0 Å². The van der Waals surface area contributed by atoms with Crippen molar-refractivity contribution < 1.29 is 9.84 Å². The summed E-state index contributed by atoms with van der Waals surface area (Å²) in [6.45, 7) is 2.35. The van der Waals surface area contributed by atoms with Crippen LogP contribution in [0.5, 0.6) is 0 Å². The van der Waals surface area contributed by atoms with Crippen molar-refractivity contribution >= 4 is 0 Å². The molecule has 0 rings (SSSR count). The van der Waals surface area contributed by atoms with Gasteiger partial charge in [-0.2, -0.15) is 0 Å². The van der Waals surface area contributed by atoms with E-state index in [2.05, 4.69) is 10.1 Å². The van der Waals surface area contributed by atoms with Crippen molar-refractivity contribution in [3.05, 3.63) is 0 Å². The summed E-state index contributed by atoms with van der Waals surface area (Å²) >= 11 is 0. The minimum absolute atomic E-state index is 0.530. The van der Waals surface area contributed by atoms with Crippen LogP contribution in [0.15, 0.2) is 0 Å². The molecule has 3 nitrogen and oxygen atoms in total. The van der Waals surface area contributed by atoms with Crippen molar-refractivity contribution in [3.63, 3.8) is 0 Å². The monoisotopic (exact) mass is 105 g/mol. The van der Waals surface area contributed by atoms with Crippen molar-refractivity contribution in [1.29, 1.82) is 0 Å². The summed E-state index contributed by atoms with van der Waals surface area (Å²) in [7, 11) is 1.63. The van der Waals surface area contributed by atoms with Gasteiger partial charge >= 0.3 is 0 Å². The Bertz CT molecular complexity index is 40.7. The third-order valence-corrected chi connectivity index (χ3v) is 0.571. The van der Waals surface area contributed by atoms with Crippen molar-refractivity contribution in [1.82, 2.24) is 5.32 Å². The van der Waals surface area contributed by atoms with Crippen LogP contribution in [0, 0.1) is 0 Å². The number of ether oxygens (including phenoxy) is 1. The van der Waals surface area contributed by atoms with E-state index in [9.17, 15) is 0 Å². The van der Waals surface area contributed by atoms with Crippen LogP contribution >= 0.6 is 0 Å². The summed E-state index contributed by atoms with van der Waals surface area (Å²) < 4.78 is 4.64. The molecule has 0 aromatic heterocycles. The highest BCUT2D eigenvalue weighted by Crippen LogP contribution is 1.75. The number of rotatable bonds is 3. The molecule has 0 aliphatic rings. The second-order valence-electron chi connectivity index (χ2n) is 1.10. The van der Waals surface area contributed by atoms with Crippen molar-refractivity contribution in [2.24, 2.45) is 0 Å². The predicted octanol–water partition coefficient (Wildman–Crippen LogP) is -0.482. The molecule has 0 fully saturated rings. The highest BCUT2D eigenvalue weighted by atomic mass is 16.6. The van der Waals surface area contributed by atoms with Crippen molar-refractivity contribution in [2.45, 2.75) is 13.3 Å². The van der Waals surface area contributed by atoms with Crippen LogP contribution in [0.2, 0.25) is 0 Å². The van der Waals surface area contributed by atoms with Gasteiger partial charge in [0.1, 0.15) is 0 Å². The normalized spacial score (nSPS) is 14.1. The highest BCUT2D eigenvalue weighted by Gasteiger charge is 1.92. The Morgan fingerprint density at radius 2 is 2.43 bits per heavy atom. The van der Waals surface area contributed by atoms with E-state index in [0.717, 1.165) is 0 Å². The Kier molecular flexibility index (Phi) is 3.98. The van der Waals surface area contributed by atoms with Crippen LogP contribution in [-0.4, -0.2) is 25.2 Å². The van der Waals surface area contributed by atoms with Crippen molar-refractivity contribution in [2.75, 3.05) is 13.7 Å². The van der Waals surface area contributed by atoms with Gasteiger partial charge in [-0.15, -0.1) is 0 Å². The van der Waals surface area contributed by atoms with Crippen LogP contribution < -0.4 is 5.32 Å². The molecule has 2 N–H and O–H groups in total. The molecule has 0 bridgehead atoms. The molecule has 1 unspecified atom stereocenters. The van der Waals surface area contributed by atoms with Gasteiger partial charge < -0.3 is 9.84 Å². The first-order chi connectivity index (χ1) is 3.31. The van der Waals surface area contributed by atoms with E-state index < -0.39 is 6.41 Å². The van der Waals surface area contributed by atoms with Gasteiger partial charge in [0.05, 0.1) is 0 Å². The molecule has 0 amide bonds. The smallest absolute Gasteiger partial charge is 0.213 e. The van der Waals surface area contributed by atoms with Crippen molar-refractivity contribution in [3.8, 4) is 0 Å². The zero-order chi connectivity index (χ0) is 5.70. The van der Waals surface area contributed by atoms with Crippen LogP contribution in [0.1, 0.15) is 6.92 Å². The molecule has 3 heteroatoms. The first-order valence-corrected chi connectivity index (χ1v) is 2.28. The Hall–Kier alpha value is -0.120. The maximum atomic E-state index is 8.52. The van der Waals surface area contributed by atoms with Crippen LogP contribution in [0.25, 0.3) is 0 Å². The lowest BCUT2D eigenvalue weighted by atomic mass is 10.8. The highest BCUT2D eigenvalue weighted by molar-refractivity contribution is 4.24. The second-order valence-corrected chi connectivity index (χ2v) is 1.10. The Morgan fingerprint density at radius 1 is 1.86 bits per heavy atom. The molecule has 44 valence electrons. The zero-order valence-electron chi connectivity index (χ0n) is 4.64. The summed E-state index contributed by atoms with van der Waals surface area (Å²) in [6.07, 6.45) is -0.801. The summed E-state index contributed by atoms with van der Waals surface area (Å²) in [6, 6.07) is 0. The van der Waals surface area contributed by atoms with Gasteiger partial charge in [0.15, 0.2) is 0 Å². The van der Waals surface area contributed by atoms with Crippen LogP contribution in [0.4, 0.5) is 0 Å². The molecule has 0 heterocycles. The molecule has 0 spiro atoms. The maximum absolute atomic E-state index is 8.52. The summed E-state index contributed by atoms with van der Waals surface area (Å²) in [5.74, 6) is 0. The summed E-state index contributed by atoms with van der Waals surface area (Å²) in [5.41, 5.74) is 0. The fourth-order valence-corrected chi connectivity index (χ4v) is 0.241. The SMILES string of the molecule is CCOC(O)NC. The molecule has 7 heavy (non-hydrogen) atoms. The van der Waals surface area contributed by atoms with Crippen LogP contribution in [-0.2, 0) is 4.74 Å². The lowest BCUT2D eigenvalue weighted by Crippen LogP contribution is -2.27. The summed E-state index contributed by atoms with van der Waals surface area (Å²) in [5, 5.41) is 11.0. The first kappa shape index (κ1) is 6.88. The predicted molar refractivity (Wildman–Crippen MR) is 26.7 cm³/mol. The van der Waals surface area contributed by atoms with Gasteiger partial charge in [-0.1, -0.05) is 0 Å². The number of aliphatic hydroxyl groups is 1. The zero-order valence-corrected chi connectivity index (χ0v) is 4.64. The Labute approximate surface area is 43.3 Å². The molecule has 0 radical (unpaired) electrons. The van der Waals surface area contributed by atoms with E-state index in [4.69, 9.17) is 5.11 Å². The van der Waals surface area contributed by atoms with Gasteiger partial charge in [0.2, 0.25) is 6.41 Å². The van der Waals surface area contributed by atoms with E-state index >= 15 is 0 Å². The molecule has 0 aliphatic heterocycles. The minimum atomic E-state index is -0.801. The second kappa shape index (κ2) is 4.05. The van der Waals surface area contributed by atoms with Gasteiger partial charge in [-0.05, 0) is 14.0 Å². The molecule has 0 saturated heterocycles. The first-order valence-electron chi connectivity index (χ1n) is 2.28. The van der Waals surface area contributed by atoms with Gasteiger partial charge in [0, 0.05) is 6.61 Å². The Balaban J connectivity index is 2.83. The summed E-state index contributed by atoms with van der Waals surface area (Å²) in [4.78, 5) is 0. The standard InChI is InChI=1S/C4H11NO2/c1-3-7-4(6)5-2/h4-6H,3H2,1-2H3. The molecule has 1 atom stereocenters. The molecular formula is C4H11NO2. The average Bonchev–Trinajstić information content (AvgIpc) is 1.68. The van der Waals surface area contributed by atoms with Gasteiger partial charge in [0.25, 0.3) is 0 Å². The van der Waals surface area contributed by atoms with E-state index in [1.54, 1.807) is 7.05 Å². The quantitative estimate of drug-likeness (QED) is 0.476. The van der Waals surface area contributed by atoms with Crippen LogP contribution in [0.3, 0.4) is 0 Å². The molecular weight excluding hydrogens is 94.0 g/mol. The topological polar surface area (TPSA) is 41.5 Å². The largest absolute Gasteiger partial charge is 0.356 e. The molecule has 0 aromatic carbocycles. The van der Waals surface area contributed by atoms with Gasteiger partial charge in [-0.3, -0.25) is 5.32 Å². The molecule has 0 aromatic rings.